The Kier molecular flexibility index (Phi) is 7.95. The molecule has 3 aromatic carbocycles. The fraction of sp³-hybridized carbons (Fsp3) is 0.241. The number of nitrogens with zero attached hydrogens (tertiary/aromatic N) is 2. The number of benzene rings is 3. The Labute approximate surface area is 210 Å². The number of aryl methyl sites for hydroxylation is 5. The summed E-state index contributed by atoms with van der Waals surface area (Å²) in [7, 11) is 0. The molecule has 0 atom stereocenters. The molecule has 8 heteroatoms. The van der Waals surface area contributed by atoms with Crippen LogP contribution in [0.25, 0.3) is 10.8 Å². The van der Waals surface area contributed by atoms with Gasteiger partial charge in [0.1, 0.15) is 28.8 Å². The Bertz CT molecular complexity index is 1390. The Hall–Kier alpha value is -3.68. The molecular weight excluding hydrogens is 490 g/mol. The van der Waals surface area contributed by atoms with E-state index < -0.39 is 29.2 Å². The Morgan fingerprint density at radius 3 is 2.05 bits per heavy atom. The van der Waals surface area contributed by atoms with Gasteiger partial charge in [-0.2, -0.15) is 13.2 Å². The van der Waals surface area contributed by atoms with Crippen LogP contribution in [0.3, 0.4) is 0 Å². The number of hydrogen-bond donors (Lipinski definition) is 0. The standard InChI is InChI=1S/C29H24F6N2/c1-2-3-4-20-16-36-26(37-17-20)12-7-18-6-11-23-22(13-18)10-9-21(28(23)32)8-5-19-14-24(30)27(25(31)15-19)29(33,34)35/h2,6,9-11,13-17H,1,3-5,7-8,12H2. The lowest BCUT2D eigenvalue weighted by atomic mass is 9.97. The summed E-state index contributed by atoms with van der Waals surface area (Å²) < 4.78 is 81.1. The maximum Gasteiger partial charge on any atom is 0.422 e. The van der Waals surface area contributed by atoms with Crippen molar-refractivity contribution in [3.63, 3.8) is 0 Å². The molecule has 192 valence electrons. The third-order valence-electron chi connectivity index (χ3n) is 6.20. The summed E-state index contributed by atoms with van der Waals surface area (Å²) in [6.45, 7) is 3.70. The predicted octanol–water partition coefficient (Wildman–Crippen LogP) is 7.75. The molecule has 0 spiro atoms. The fourth-order valence-electron chi connectivity index (χ4n) is 4.22. The number of alkyl halides is 3. The van der Waals surface area contributed by atoms with E-state index in [4.69, 9.17) is 0 Å². The Balaban J connectivity index is 1.43. The van der Waals surface area contributed by atoms with Crippen molar-refractivity contribution in [1.82, 2.24) is 9.97 Å². The van der Waals surface area contributed by atoms with Gasteiger partial charge in [0.2, 0.25) is 0 Å². The molecule has 1 heterocycles. The Morgan fingerprint density at radius 1 is 0.730 bits per heavy atom. The molecule has 0 amide bonds. The highest BCUT2D eigenvalue weighted by Crippen LogP contribution is 2.34. The molecule has 4 aromatic rings. The number of allylic oxidation sites excluding steroid dienone is 1. The first-order valence-corrected chi connectivity index (χ1v) is 11.8. The molecule has 0 bridgehead atoms. The van der Waals surface area contributed by atoms with E-state index in [1.54, 1.807) is 18.2 Å². The van der Waals surface area contributed by atoms with E-state index in [2.05, 4.69) is 16.5 Å². The SMILES string of the molecule is C=CCCc1cnc(CCc2ccc3c(F)c(CCc4cc(F)c(C(F)(F)F)c(F)c4)ccc3c2)nc1. The highest BCUT2D eigenvalue weighted by Gasteiger charge is 2.37. The molecule has 0 aliphatic rings. The van der Waals surface area contributed by atoms with Crippen LogP contribution in [0.5, 0.6) is 0 Å². The van der Waals surface area contributed by atoms with Gasteiger partial charge in [-0.25, -0.2) is 23.1 Å². The smallest absolute Gasteiger partial charge is 0.241 e. The predicted molar refractivity (Wildman–Crippen MR) is 131 cm³/mol. The van der Waals surface area contributed by atoms with Crippen molar-refractivity contribution in [3.05, 3.63) is 119 Å². The van der Waals surface area contributed by atoms with Gasteiger partial charge in [0.25, 0.3) is 0 Å². The number of halogens is 6. The van der Waals surface area contributed by atoms with Gasteiger partial charge in [-0.15, -0.1) is 6.58 Å². The monoisotopic (exact) mass is 514 g/mol. The molecule has 0 aliphatic heterocycles. The van der Waals surface area contributed by atoms with Crippen LogP contribution in [0.15, 0.2) is 67.5 Å². The molecule has 0 radical (unpaired) electrons. The quantitative estimate of drug-likeness (QED) is 0.169. The Morgan fingerprint density at radius 2 is 1.41 bits per heavy atom. The van der Waals surface area contributed by atoms with Crippen molar-refractivity contribution in [3.8, 4) is 0 Å². The third-order valence-corrected chi connectivity index (χ3v) is 6.20. The van der Waals surface area contributed by atoms with Crippen LogP contribution in [0, 0.1) is 17.5 Å². The largest absolute Gasteiger partial charge is 0.422 e. The highest BCUT2D eigenvalue weighted by atomic mass is 19.4. The average Bonchev–Trinajstić information content (AvgIpc) is 2.85. The number of aromatic nitrogens is 2. The maximum atomic E-state index is 15.1. The van der Waals surface area contributed by atoms with Crippen LogP contribution in [0.2, 0.25) is 0 Å². The zero-order valence-electron chi connectivity index (χ0n) is 19.9. The second-order valence-corrected chi connectivity index (χ2v) is 8.86. The van der Waals surface area contributed by atoms with Crippen molar-refractivity contribution in [1.29, 1.82) is 0 Å². The summed E-state index contributed by atoms with van der Waals surface area (Å²) in [6.07, 6.45) is 3.44. The summed E-state index contributed by atoms with van der Waals surface area (Å²) in [5.74, 6) is -3.10. The van der Waals surface area contributed by atoms with Gasteiger partial charge < -0.3 is 0 Å². The molecule has 2 nitrogen and oxygen atoms in total. The first-order chi connectivity index (χ1) is 17.7. The summed E-state index contributed by atoms with van der Waals surface area (Å²) >= 11 is 0. The van der Waals surface area contributed by atoms with Gasteiger partial charge >= 0.3 is 6.18 Å². The molecular formula is C29H24F6N2. The summed E-state index contributed by atoms with van der Waals surface area (Å²) in [4.78, 5) is 8.80. The van der Waals surface area contributed by atoms with Crippen molar-refractivity contribution in [2.24, 2.45) is 0 Å². The van der Waals surface area contributed by atoms with E-state index in [0.717, 1.165) is 29.8 Å². The number of rotatable bonds is 9. The van der Waals surface area contributed by atoms with E-state index in [-0.39, 0.29) is 18.4 Å². The van der Waals surface area contributed by atoms with Gasteiger partial charge in [-0.05, 0) is 71.9 Å². The normalized spacial score (nSPS) is 11.7. The molecule has 0 aliphatic carbocycles. The molecule has 0 N–H and O–H groups in total. The van der Waals surface area contributed by atoms with Crippen LogP contribution in [-0.4, -0.2) is 9.97 Å². The van der Waals surface area contributed by atoms with Gasteiger partial charge in [-0.3, -0.25) is 0 Å². The molecule has 0 fully saturated rings. The third kappa shape index (κ3) is 6.37. The van der Waals surface area contributed by atoms with Gasteiger partial charge in [0.15, 0.2) is 0 Å². The average molecular weight is 515 g/mol. The van der Waals surface area contributed by atoms with E-state index in [9.17, 15) is 22.0 Å². The first kappa shape index (κ1) is 26.4. The van der Waals surface area contributed by atoms with Crippen LogP contribution in [0.4, 0.5) is 26.3 Å². The number of hydrogen-bond acceptors (Lipinski definition) is 2. The zero-order chi connectivity index (χ0) is 26.6. The van der Waals surface area contributed by atoms with E-state index in [0.29, 0.717) is 41.3 Å². The summed E-state index contributed by atoms with van der Waals surface area (Å²) in [6, 6.07) is 10.0. The topological polar surface area (TPSA) is 25.8 Å². The van der Waals surface area contributed by atoms with Crippen molar-refractivity contribution in [2.75, 3.05) is 0 Å². The minimum atomic E-state index is -5.13. The maximum absolute atomic E-state index is 15.1. The van der Waals surface area contributed by atoms with Gasteiger partial charge in [0.05, 0.1) is 0 Å². The van der Waals surface area contributed by atoms with Crippen molar-refractivity contribution < 1.29 is 26.3 Å². The number of fused-ring (bicyclic) bond motifs is 1. The lowest BCUT2D eigenvalue weighted by molar-refractivity contribution is -0.142. The first-order valence-electron chi connectivity index (χ1n) is 11.8. The van der Waals surface area contributed by atoms with Crippen molar-refractivity contribution in [2.45, 2.75) is 44.7 Å². The van der Waals surface area contributed by atoms with Crippen LogP contribution >= 0.6 is 0 Å². The molecule has 37 heavy (non-hydrogen) atoms. The van der Waals surface area contributed by atoms with E-state index in [1.165, 1.54) is 0 Å². The van der Waals surface area contributed by atoms with Crippen LogP contribution in [-0.2, 0) is 38.3 Å². The summed E-state index contributed by atoms with van der Waals surface area (Å²) in [5, 5.41) is 1.10. The van der Waals surface area contributed by atoms with Crippen molar-refractivity contribution >= 4 is 10.8 Å². The molecule has 4 rings (SSSR count). The lowest BCUT2D eigenvalue weighted by Crippen LogP contribution is -2.12. The second kappa shape index (κ2) is 11.2. The zero-order valence-corrected chi connectivity index (χ0v) is 19.9. The second-order valence-electron chi connectivity index (χ2n) is 8.86. The lowest BCUT2D eigenvalue weighted by Gasteiger charge is -2.12. The van der Waals surface area contributed by atoms with E-state index >= 15 is 4.39 Å². The summed E-state index contributed by atoms with van der Waals surface area (Å²) in [5.41, 5.74) is 0.458. The molecule has 0 unspecified atom stereocenters. The van der Waals surface area contributed by atoms with Gasteiger partial charge in [-0.1, -0.05) is 36.4 Å². The minimum Gasteiger partial charge on any atom is -0.241 e. The minimum absolute atomic E-state index is 0.0150. The molecule has 0 saturated carbocycles. The van der Waals surface area contributed by atoms with E-state index in [1.807, 2.05) is 30.6 Å². The fourth-order valence-corrected chi connectivity index (χ4v) is 4.22. The van der Waals surface area contributed by atoms with Crippen LogP contribution in [0.1, 0.15) is 40.1 Å². The molecule has 0 saturated heterocycles. The van der Waals surface area contributed by atoms with Crippen LogP contribution < -0.4 is 0 Å². The highest BCUT2D eigenvalue weighted by molar-refractivity contribution is 5.84. The van der Waals surface area contributed by atoms with Gasteiger partial charge in [0, 0.05) is 24.2 Å². The molecule has 1 aromatic heterocycles.